The molecule has 0 spiro atoms. The molecule has 1 N–H and O–H groups in total. The summed E-state index contributed by atoms with van der Waals surface area (Å²) in [5.74, 6) is -0.183. The molecule has 0 unspecified atom stereocenters. The van der Waals surface area contributed by atoms with Crippen molar-refractivity contribution in [1.29, 1.82) is 0 Å². The molecule has 0 aliphatic carbocycles. The number of hydrogen-bond acceptors (Lipinski definition) is 3. The number of nitrogens with one attached hydrogen (secondary N) is 1. The van der Waals surface area contributed by atoms with Crippen LogP contribution in [0.5, 0.6) is 0 Å². The SMILES string of the molecule is COC(=O)CCNCc1ccc(-c2ccccc2)cc1. The average Bonchev–Trinajstić information content (AvgIpc) is 2.52. The highest BCUT2D eigenvalue weighted by Gasteiger charge is 2.00. The van der Waals surface area contributed by atoms with Crippen LogP contribution in [0.25, 0.3) is 11.1 Å². The Labute approximate surface area is 119 Å². The Hall–Kier alpha value is -2.13. The molecule has 2 aromatic carbocycles. The molecule has 0 amide bonds. The van der Waals surface area contributed by atoms with Crippen molar-refractivity contribution in [3.63, 3.8) is 0 Å². The van der Waals surface area contributed by atoms with Gasteiger partial charge in [0.2, 0.25) is 0 Å². The van der Waals surface area contributed by atoms with Crippen LogP contribution in [-0.4, -0.2) is 19.6 Å². The van der Waals surface area contributed by atoms with Gasteiger partial charge < -0.3 is 10.1 Å². The number of hydrogen-bond donors (Lipinski definition) is 1. The molecule has 0 saturated heterocycles. The Morgan fingerprint density at radius 2 is 1.65 bits per heavy atom. The van der Waals surface area contributed by atoms with Crippen LogP contribution in [-0.2, 0) is 16.1 Å². The molecule has 2 aromatic rings. The van der Waals surface area contributed by atoms with E-state index in [-0.39, 0.29) is 5.97 Å². The smallest absolute Gasteiger partial charge is 0.306 e. The van der Waals surface area contributed by atoms with Crippen LogP contribution >= 0.6 is 0 Å². The van der Waals surface area contributed by atoms with Crippen molar-refractivity contribution in [2.24, 2.45) is 0 Å². The van der Waals surface area contributed by atoms with E-state index in [9.17, 15) is 4.79 Å². The standard InChI is InChI=1S/C17H19NO2/c1-20-17(19)11-12-18-13-14-7-9-16(10-8-14)15-5-3-2-4-6-15/h2-10,18H,11-13H2,1H3. The van der Waals surface area contributed by atoms with E-state index in [0.717, 1.165) is 6.54 Å². The lowest BCUT2D eigenvalue weighted by Gasteiger charge is -2.06. The zero-order chi connectivity index (χ0) is 14.2. The van der Waals surface area contributed by atoms with Crippen LogP contribution in [0.2, 0.25) is 0 Å². The summed E-state index contributed by atoms with van der Waals surface area (Å²) in [4.78, 5) is 11.0. The number of rotatable bonds is 6. The van der Waals surface area contributed by atoms with Gasteiger partial charge in [0, 0.05) is 13.1 Å². The topological polar surface area (TPSA) is 38.3 Å². The fraction of sp³-hybridized carbons (Fsp3) is 0.235. The molecule has 0 fully saturated rings. The fourth-order valence-electron chi connectivity index (χ4n) is 1.97. The van der Waals surface area contributed by atoms with E-state index in [0.29, 0.717) is 13.0 Å². The summed E-state index contributed by atoms with van der Waals surface area (Å²) in [6.07, 6.45) is 0.401. The van der Waals surface area contributed by atoms with Gasteiger partial charge in [0.1, 0.15) is 0 Å². The minimum Gasteiger partial charge on any atom is -0.469 e. The van der Waals surface area contributed by atoms with Crippen LogP contribution in [0, 0.1) is 0 Å². The molecule has 104 valence electrons. The zero-order valence-electron chi connectivity index (χ0n) is 11.6. The number of methoxy groups -OCH3 is 1. The molecule has 0 aliphatic heterocycles. The van der Waals surface area contributed by atoms with Gasteiger partial charge in [-0.3, -0.25) is 4.79 Å². The van der Waals surface area contributed by atoms with Crippen molar-refractivity contribution < 1.29 is 9.53 Å². The Morgan fingerprint density at radius 1 is 1.00 bits per heavy atom. The normalized spacial score (nSPS) is 10.2. The average molecular weight is 269 g/mol. The summed E-state index contributed by atoms with van der Waals surface area (Å²) >= 11 is 0. The highest BCUT2D eigenvalue weighted by molar-refractivity contribution is 5.69. The fourth-order valence-corrected chi connectivity index (χ4v) is 1.97. The maximum Gasteiger partial charge on any atom is 0.306 e. The van der Waals surface area contributed by atoms with Crippen molar-refractivity contribution in [3.05, 3.63) is 60.2 Å². The molecular formula is C17H19NO2. The van der Waals surface area contributed by atoms with Gasteiger partial charge in [-0.25, -0.2) is 0 Å². The largest absolute Gasteiger partial charge is 0.469 e. The summed E-state index contributed by atoms with van der Waals surface area (Å²) < 4.78 is 4.59. The van der Waals surface area contributed by atoms with Gasteiger partial charge in [0.05, 0.1) is 13.5 Å². The molecule has 3 heteroatoms. The van der Waals surface area contributed by atoms with Crippen molar-refractivity contribution >= 4 is 5.97 Å². The molecule has 2 rings (SSSR count). The van der Waals surface area contributed by atoms with Gasteiger partial charge in [-0.1, -0.05) is 54.6 Å². The summed E-state index contributed by atoms with van der Waals surface area (Å²) in [6, 6.07) is 18.7. The molecular weight excluding hydrogens is 250 g/mol. The van der Waals surface area contributed by atoms with Crippen molar-refractivity contribution in [2.45, 2.75) is 13.0 Å². The third-order valence-electron chi connectivity index (χ3n) is 3.12. The van der Waals surface area contributed by atoms with E-state index in [1.54, 1.807) is 0 Å². The van der Waals surface area contributed by atoms with Crippen molar-refractivity contribution in [3.8, 4) is 11.1 Å². The van der Waals surface area contributed by atoms with Gasteiger partial charge in [-0.05, 0) is 16.7 Å². The molecule has 0 heterocycles. The summed E-state index contributed by atoms with van der Waals surface area (Å²) in [5.41, 5.74) is 3.64. The summed E-state index contributed by atoms with van der Waals surface area (Å²) in [5, 5.41) is 3.23. The lowest BCUT2D eigenvalue weighted by atomic mass is 10.0. The first kappa shape index (κ1) is 14.3. The van der Waals surface area contributed by atoms with Gasteiger partial charge in [-0.15, -0.1) is 0 Å². The predicted molar refractivity (Wildman–Crippen MR) is 80.2 cm³/mol. The molecule has 0 aliphatic rings. The van der Waals surface area contributed by atoms with Crippen LogP contribution < -0.4 is 5.32 Å². The van der Waals surface area contributed by atoms with Crippen LogP contribution in [0.1, 0.15) is 12.0 Å². The van der Waals surface area contributed by atoms with Gasteiger partial charge >= 0.3 is 5.97 Å². The van der Waals surface area contributed by atoms with E-state index < -0.39 is 0 Å². The molecule has 0 bridgehead atoms. The Morgan fingerprint density at radius 3 is 2.30 bits per heavy atom. The lowest BCUT2D eigenvalue weighted by molar-refractivity contribution is -0.140. The van der Waals surface area contributed by atoms with Crippen molar-refractivity contribution in [1.82, 2.24) is 5.32 Å². The Bertz CT molecular complexity index is 535. The first-order chi connectivity index (χ1) is 9.79. The Kier molecular flexibility index (Phi) is 5.33. The van der Waals surface area contributed by atoms with E-state index in [1.807, 2.05) is 18.2 Å². The third-order valence-corrected chi connectivity index (χ3v) is 3.12. The number of esters is 1. The molecule has 0 radical (unpaired) electrons. The molecule has 3 nitrogen and oxygen atoms in total. The number of carbonyl (C=O) groups is 1. The van der Waals surface area contributed by atoms with Crippen LogP contribution in [0.4, 0.5) is 0 Å². The van der Waals surface area contributed by atoms with E-state index in [2.05, 4.69) is 46.5 Å². The molecule has 0 saturated carbocycles. The lowest BCUT2D eigenvalue weighted by Crippen LogP contribution is -2.18. The second kappa shape index (κ2) is 7.46. The highest BCUT2D eigenvalue weighted by Crippen LogP contribution is 2.19. The first-order valence-corrected chi connectivity index (χ1v) is 6.71. The summed E-state index contributed by atoms with van der Waals surface area (Å²) in [7, 11) is 1.41. The Balaban J connectivity index is 1.85. The number of carbonyl (C=O) groups excluding carboxylic acids is 1. The first-order valence-electron chi connectivity index (χ1n) is 6.71. The van der Waals surface area contributed by atoms with E-state index in [1.165, 1.54) is 23.8 Å². The monoisotopic (exact) mass is 269 g/mol. The van der Waals surface area contributed by atoms with Crippen molar-refractivity contribution in [2.75, 3.05) is 13.7 Å². The quantitative estimate of drug-likeness (QED) is 0.647. The van der Waals surface area contributed by atoms with Gasteiger partial charge in [0.25, 0.3) is 0 Å². The molecule has 20 heavy (non-hydrogen) atoms. The van der Waals surface area contributed by atoms with E-state index in [4.69, 9.17) is 0 Å². The maximum atomic E-state index is 11.0. The second-order valence-electron chi connectivity index (χ2n) is 4.57. The predicted octanol–water partition coefficient (Wildman–Crippen LogP) is 3.01. The van der Waals surface area contributed by atoms with E-state index >= 15 is 0 Å². The van der Waals surface area contributed by atoms with Gasteiger partial charge in [0.15, 0.2) is 0 Å². The third kappa shape index (κ3) is 4.21. The highest BCUT2D eigenvalue weighted by atomic mass is 16.5. The number of benzene rings is 2. The van der Waals surface area contributed by atoms with Gasteiger partial charge in [-0.2, -0.15) is 0 Å². The second-order valence-corrected chi connectivity index (χ2v) is 4.57. The molecule has 0 atom stereocenters. The van der Waals surface area contributed by atoms with Crippen LogP contribution in [0.15, 0.2) is 54.6 Å². The zero-order valence-corrected chi connectivity index (χ0v) is 11.6. The maximum absolute atomic E-state index is 11.0. The van der Waals surface area contributed by atoms with Crippen LogP contribution in [0.3, 0.4) is 0 Å². The molecule has 0 aromatic heterocycles. The minimum atomic E-state index is -0.183. The minimum absolute atomic E-state index is 0.183. The number of ether oxygens (including phenoxy) is 1. The summed E-state index contributed by atoms with van der Waals surface area (Å²) in [6.45, 7) is 1.39.